The fourth-order valence-electron chi connectivity index (χ4n) is 2.83. The van der Waals surface area contributed by atoms with Crippen molar-refractivity contribution in [1.82, 2.24) is 4.90 Å². The van der Waals surface area contributed by atoms with Gasteiger partial charge in [-0.15, -0.1) is 0 Å². The summed E-state index contributed by atoms with van der Waals surface area (Å²) in [7, 11) is 2.14. The first-order valence-electron chi connectivity index (χ1n) is 5.68. The number of allylic oxidation sites excluding steroid dienone is 1. The molecule has 2 atom stereocenters. The minimum atomic E-state index is -0.607. The van der Waals surface area contributed by atoms with E-state index in [0.717, 1.165) is 26.1 Å². The molecule has 0 aromatic heterocycles. The highest BCUT2D eigenvalue weighted by Crippen LogP contribution is 2.34. The average molecular weight is 211 g/mol. The Morgan fingerprint density at radius 2 is 1.87 bits per heavy atom. The lowest BCUT2D eigenvalue weighted by atomic mass is 9.80. The summed E-state index contributed by atoms with van der Waals surface area (Å²) in [6.45, 7) is 5.60. The average Bonchev–Trinajstić information content (AvgIpc) is 2.06. The van der Waals surface area contributed by atoms with E-state index < -0.39 is 5.60 Å². The molecule has 0 spiro atoms. The third kappa shape index (κ3) is 2.25. The first kappa shape index (κ1) is 11.1. The van der Waals surface area contributed by atoms with Gasteiger partial charge >= 0.3 is 0 Å². The topological polar surface area (TPSA) is 32.7 Å². The highest BCUT2D eigenvalue weighted by Gasteiger charge is 2.43. The van der Waals surface area contributed by atoms with Gasteiger partial charge in [0.15, 0.2) is 0 Å². The van der Waals surface area contributed by atoms with Gasteiger partial charge in [0.25, 0.3) is 0 Å². The molecule has 86 valence electrons. The summed E-state index contributed by atoms with van der Waals surface area (Å²) in [4.78, 5) is 2.36. The summed E-state index contributed by atoms with van der Waals surface area (Å²) in [6, 6.07) is 0.746. The molecule has 3 heteroatoms. The van der Waals surface area contributed by atoms with Crippen LogP contribution in [0.15, 0.2) is 11.6 Å². The molecular formula is C12H21NO2. The molecule has 1 N–H and O–H groups in total. The number of hydrogen-bond acceptors (Lipinski definition) is 3. The molecule has 2 aliphatic rings. The predicted octanol–water partition coefficient (Wildman–Crippen LogP) is 1.18. The van der Waals surface area contributed by atoms with Crippen LogP contribution in [0.25, 0.3) is 0 Å². The molecular weight excluding hydrogens is 190 g/mol. The van der Waals surface area contributed by atoms with Crippen molar-refractivity contribution in [2.75, 3.05) is 20.3 Å². The van der Waals surface area contributed by atoms with Crippen LogP contribution in [0, 0.1) is 0 Å². The molecule has 2 heterocycles. The second-order valence-electron chi connectivity index (χ2n) is 5.24. The van der Waals surface area contributed by atoms with E-state index in [-0.39, 0.29) is 0 Å². The Hall–Kier alpha value is -0.380. The third-order valence-electron chi connectivity index (χ3n) is 3.51. The molecule has 2 rings (SSSR count). The molecule has 2 aliphatic heterocycles. The number of hydrogen-bond donors (Lipinski definition) is 1. The number of likely N-dealkylation sites (N-methyl/N-ethyl adjacent to an activating group) is 1. The number of nitrogens with zero attached hydrogens (tertiary/aromatic N) is 1. The van der Waals surface area contributed by atoms with Crippen LogP contribution < -0.4 is 0 Å². The molecule has 0 radical (unpaired) electrons. The van der Waals surface area contributed by atoms with Crippen LogP contribution in [0.2, 0.25) is 0 Å². The van der Waals surface area contributed by atoms with Gasteiger partial charge in [0, 0.05) is 12.1 Å². The lowest BCUT2D eigenvalue weighted by Gasteiger charge is -2.49. The fraction of sp³-hybridized carbons (Fsp3) is 0.833. The first-order chi connectivity index (χ1) is 7.00. The smallest absolute Gasteiger partial charge is 0.0861 e. The molecule has 3 nitrogen and oxygen atoms in total. The summed E-state index contributed by atoms with van der Waals surface area (Å²) in [5, 5.41) is 10.5. The Bertz CT molecular complexity index is 257. The lowest BCUT2D eigenvalue weighted by Crippen LogP contribution is -2.59. The van der Waals surface area contributed by atoms with E-state index in [1.165, 1.54) is 5.57 Å². The number of ether oxygens (including phenoxy) is 1. The maximum absolute atomic E-state index is 10.5. The summed E-state index contributed by atoms with van der Waals surface area (Å²) < 4.78 is 5.53. The molecule has 2 fully saturated rings. The standard InChI is InChI=1S/C12H21NO2/c1-9(2)4-12(14)5-10-7-15-8-11(6-12)13(10)3/h4,10-11,14H,5-8H2,1-3H3. The predicted molar refractivity (Wildman–Crippen MR) is 59.8 cm³/mol. The zero-order valence-corrected chi connectivity index (χ0v) is 9.86. The third-order valence-corrected chi connectivity index (χ3v) is 3.51. The van der Waals surface area contributed by atoms with Crippen molar-refractivity contribution >= 4 is 0 Å². The van der Waals surface area contributed by atoms with E-state index in [0.29, 0.717) is 12.1 Å². The summed E-state index contributed by atoms with van der Waals surface area (Å²) in [6.07, 6.45) is 3.61. The highest BCUT2D eigenvalue weighted by molar-refractivity contribution is 5.12. The number of fused-ring (bicyclic) bond motifs is 2. The zero-order valence-electron chi connectivity index (χ0n) is 9.86. The van der Waals surface area contributed by atoms with Crippen molar-refractivity contribution in [1.29, 1.82) is 0 Å². The van der Waals surface area contributed by atoms with Gasteiger partial charge in [-0.2, -0.15) is 0 Å². The monoisotopic (exact) mass is 211 g/mol. The maximum Gasteiger partial charge on any atom is 0.0861 e. The Labute approximate surface area is 91.7 Å². The molecule has 0 saturated carbocycles. The van der Waals surface area contributed by atoms with Crippen molar-refractivity contribution in [3.05, 3.63) is 11.6 Å². The molecule has 0 amide bonds. The van der Waals surface area contributed by atoms with Crippen LogP contribution in [0.1, 0.15) is 26.7 Å². The van der Waals surface area contributed by atoms with Gasteiger partial charge in [-0.3, -0.25) is 4.90 Å². The van der Waals surface area contributed by atoms with Gasteiger partial charge in [-0.05, 0) is 33.7 Å². The normalized spacial score (nSPS) is 41.3. The van der Waals surface area contributed by atoms with E-state index in [1.54, 1.807) is 0 Å². The zero-order chi connectivity index (χ0) is 11.1. The van der Waals surface area contributed by atoms with E-state index in [1.807, 2.05) is 19.9 Å². The Morgan fingerprint density at radius 3 is 2.33 bits per heavy atom. The molecule has 0 aromatic rings. The van der Waals surface area contributed by atoms with Crippen molar-refractivity contribution in [3.8, 4) is 0 Å². The summed E-state index contributed by atoms with van der Waals surface area (Å²) >= 11 is 0. The largest absolute Gasteiger partial charge is 0.386 e. The summed E-state index contributed by atoms with van der Waals surface area (Å²) in [5.41, 5.74) is 0.589. The quantitative estimate of drug-likeness (QED) is 0.661. The van der Waals surface area contributed by atoms with E-state index in [4.69, 9.17) is 4.74 Å². The molecule has 2 unspecified atom stereocenters. The number of morpholine rings is 1. The van der Waals surface area contributed by atoms with Crippen LogP contribution in [-0.2, 0) is 4.74 Å². The van der Waals surface area contributed by atoms with Crippen LogP contribution in [0.5, 0.6) is 0 Å². The van der Waals surface area contributed by atoms with Crippen molar-refractivity contribution in [2.24, 2.45) is 0 Å². The van der Waals surface area contributed by atoms with Crippen LogP contribution in [0.4, 0.5) is 0 Å². The van der Waals surface area contributed by atoms with Crippen LogP contribution in [-0.4, -0.2) is 48.0 Å². The van der Waals surface area contributed by atoms with E-state index in [9.17, 15) is 5.11 Å². The highest BCUT2D eigenvalue weighted by atomic mass is 16.5. The Balaban J connectivity index is 2.16. The summed E-state index contributed by atoms with van der Waals surface area (Å²) in [5.74, 6) is 0. The lowest BCUT2D eigenvalue weighted by molar-refractivity contribution is -0.117. The van der Waals surface area contributed by atoms with Gasteiger partial charge in [-0.1, -0.05) is 11.6 Å². The molecule has 15 heavy (non-hydrogen) atoms. The minimum absolute atomic E-state index is 0.373. The van der Waals surface area contributed by atoms with Crippen molar-refractivity contribution in [2.45, 2.75) is 44.4 Å². The van der Waals surface area contributed by atoms with Gasteiger partial charge in [0.2, 0.25) is 0 Å². The second-order valence-corrected chi connectivity index (χ2v) is 5.24. The Kier molecular flexibility index (Phi) is 2.88. The van der Waals surface area contributed by atoms with Crippen LogP contribution >= 0.6 is 0 Å². The van der Waals surface area contributed by atoms with E-state index >= 15 is 0 Å². The molecule has 0 aliphatic carbocycles. The molecule has 2 bridgehead atoms. The molecule has 2 saturated heterocycles. The minimum Gasteiger partial charge on any atom is -0.386 e. The number of rotatable bonds is 1. The SMILES string of the molecule is CC(C)=CC1(O)CC2COCC(C1)N2C. The van der Waals surface area contributed by atoms with Gasteiger partial charge < -0.3 is 9.84 Å². The number of aliphatic hydroxyl groups is 1. The van der Waals surface area contributed by atoms with Gasteiger partial charge in [-0.25, -0.2) is 0 Å². The van der Waals surface area contributed by atoms with Gasteiger partial charge in [0.05, 0.1) is 18.8 Å². The van der Waals surface area contributed by atoms with E-state index in [2.05, 4.69) is 11.9 Å². The van der Waals surface area contributed by atoms with Crippen molar-refractivity contribution < 1.29 is 9.84 Å². The fourth-order valence-corrected chi connectivity index (χ4v) is 2.83. The second kappa shape index (κ2) is 3.89. The Morgan fingerprint density at radius 1 is 1.33 bits per heavy atom. The van der Waals surface area contributed by atoms with Crippen molar-refractivity contribution in [3.63, 3.8) is 0 Å². The number of piperidine rings is 1. The maximum atomic E-state index is 10.5. The van der Waals surface area contributed by atoms with Gasteiger partial charge in [0.1, 0.15) is 0 Å². The van der Waals surface area contributed by atoms with Crippen LogP contribution in [0.3, 0.4) is 0 Å². The molecule has 0 aromatic carbocycles. The first-order valence-corrected chi connectivity index (χ1v) is 5.68.